The number of amides is 1. The highest BCUT2D eigenvalue weighted by atomic mass is 79.9. The van der Waals surface area contributed by atoms with Gasteiger partial charge in [0, 0.05) is 10.7 Å². The first kappa shape index (κ1) is 12.1. The molecule has 5 heteroatoms. The highest BCUT2D eigenvalue weighted by Crippen LogP contribution is 2.23. The first-order chi connectivity index (χ1) is 7.02. The maximum atomic E-state index is 11.6. The van der Waals surface area contributed by atoms with Crippen LogP contribution in [-0.4, -0.2) is 12.5 Å². The number of nitrogens with two attached hydrogens (primary N) is 1. The molecule has 0 unspecified atom stereocenters. The second kappa shape index (κ2) is 5.19. The molecule has 0 aliphatic carbocycles. The van der Waals surface area contributed by atoms with Crippen molar-refractivity contribution < 1.29 is 4.79 Å². The Bertz CT molecular complexity index is 406. The average Bonchev–Trinajstić information content (AvgIpc) is 2.18. The van der Waals surface area contributed by atoms with Crippen LogP contribution in [0.4, 0.5) is 5.69 Å². The molecular weight excluding hydrogens is 279 g/mol. The van der Waals surface area contributed by atoms with Gasteiger partial charge in [0.05, 0.1) is 16.6 Å². The van der Waals surface area contributed by atoms with Gasteiger partial charge in [0.1, 0.15) is 0 Å². The number of benzene rings is 1. The van der Waals surface area contributed by atoms with E-state index in [9.17, 15) is 4.79 Å². The third-order valence-electron chi connectivity index (χ3n) is 1.71. The zero-order valence-corrected chi connectivity index (χ0v) is 10.2. The van der Waals surface area contributed by atoms with Crippen LogP contribution >= 0.6 is 27.5 Å². The predicted octanol–water partition coefficient (Wildman–Crippen LogP) is 2.51. The van der Waals surface area contributed by atoms with Crippen LogP contribution in [0.2, 0.25) is 0 Å². The summed E-state index contributed by atoms with van der Waals surface area (Å²) >= 11 is 8.78. The van der Waals surface area contributed by atoms with Gasteiger partial charge in [0.25, 0.3) is 5.91 Å². The Kier molecular flexibility index (Phi) is 4.17. The molecular formula is C10H10BrClN2O. The minimum Gasteiger partial charge on any atom is -0.398 e. The minimum atomic E-state index is -0.240. The lowest BCUT2D eigenvalue weighted by molar-refractivity contribution is 0.0957. The molecule has 0 aliphatic heterocycles. The molecule has 80 valence electrons. The molecule has 15 heavy (non-hydrogen) atoms. The van der Waals surface area contributed by atoms with Crippen molar-refractivity contribution in [3.05, 3.63) is 39.8 Å². The monoisotopic (exact) mass is 288 g/mol. The van der Waals surface area contributed by atoms with E-state index in [0.717, 1.165) is 0 Å². The highest BCUT2D eigenvalue weighted by Gasteiger charge is 2.10. The van der Waals surface area contributed by atoms with Gasteiger partial charge >= 0.3 is 0 Å². The van der Waals surface area contributed by atoms with Crippen LogP contribution in [0, 0.1) is 0 Å². The molecule has 1 amide bonds. The van der Waals surface area contributed by atoms with Crippen LogP contribution in [0.25, 0.3) is 0 Å². The average molecular weight is 290 g/mol. The molecule has 0 heterocycles. The normalized spacial score (nSPS) is 9.73. The van der Waals surface area contributed by atoms with Crippen molar-refractivity contribution >= 4 is 39.1 Å². The van der Waals surface area contributed by atoms with E-state index in [-0.39, 0.29) is 12.5 Å². The van der Waals surface area contributed by atoms with Crippen molar-refractivity contribution in [2.75, 3.05) is 12.3 Å². The Morgan fingerprint density at radius 3 is 2.87 bits per heavy atom. The zero-order valence-electron chi connectivity index (χ0n) is 7.89. The van der Waals surface area contributed by atoms with Crippen LogP contribution in [0.1, 0.15) is 10.4 Å². The number of nitrogens with one attached hydrogen (secondary N) is 1. The number of anilines is 1. The first-order valence-electron chi connectivity index (χ1n) is 4.18. The molecule has 0 atom stereocenters. The van der Waals surface area contributed by atoms with Crippen molar-refractivity contribution in [2.24, 2.45) is 0 Å². The van der Waals surface area contributed by atoms with Crippen molar-refractivity contribution in [2.45, 2.75) is 0 Å². The SMILES string of the molecule is C=C(Cl)CNC(=O)c1cccc(N)c1Br. The number of carbonyl (C=O) groups excluding carboxylic acids is 1. The van der Waals surface area contributed by atoms with Crippen LogP contribution in [0.3, 0.4) is 0 Å². The van der Waals surface area contributed by atoms with E-state index in [1.165, 1.54) is 0 Å². The summed E-state index contributed by atoms with van der Waals surface area (Å²) < 4.78 is 0.586. The quantitative estimate of drug-likeness (QED) is 0.840. The Balaban J connectivity index is 2.82. The molecule has 3 N–H and O–H groups in total. The van der Waals surface area contributed by atoms with Crippen molar-refractivity contribution in [1.29, 1.82) is 0 Å². The van der Waals surface area contributed by atoms with Crippen LogP contribution in [0.15, 0.2) is 34.3 Å². The Labute approximate surface area is 101 Å². The van der Waals surface area contributed by atoms with E-state index in [0.29, 0.717) is 20.8 Å². The van der Waals surface area contributed by atoms with Gasteiger partial charge in [-0.05, 0) is 28.1 Å². The van der Waals surface area contributed by atoms with Crippen molar-refractivity contribution in [3.8, 4) is 0 Å². The summed E-state index contributed by atoms with van der Waals surface area (Å²) in [4.78, 5) is 11.6. The molecule has 3 nitrogen and oxygen atoms in total. The van der Waals surface area contributed by atoms with Gasteiger partial charge in [-0.25, -0.2) is 0 Å². The summed E-state index contributed by atoms with van der Waals surface area (Å²) in [6.45, 7) is 3.71. The number of nitrogen functional groups attached to an aromatic ring is 1. The fourth-order valence-corrected chi connectivity index (χ4v) is 1.51. The van der Waals surface area contributed by atoms with Gasteiger partial charge in [-0.1, -0.05) is 24.2 Å². The number of halogens is 2. The lowest BCUT2D eigenvalue weighted by Gasteiger charge is -2.07. The lowest BCUT2D eigenvalue weighted by Crippen LogP contribution is -2.24. The summed E-state index contributed by atoms with van der Waals surface area (Å²) in [6.07, 6.45) is 0. The van der Waals surface area contributed by atoms with Crippen LogP contribution in [0.5, 0.6) is 0 Å². The molecule has 0 bridgehead atoms. The maximum Gasteiger partial charge on any atom is 0.252 e. The second-order valence-corrected chi connectivity index (χ2v) is 4.24. The summed E-state index contributed by atoms with van der Waals surface area (Å²) in [6, 6.07) is 5.10. The highest BCUT2D eigenvalue weighted by molar-refractivity contribution is 9.10. The zero-order chi connectivity index (χ0) is 11.4. The smallest absolute Gasteiger partial charge is 0.252 e. The molecule has 1 aromatic carbocycles. The van der Waals surface area contributed by atoms with E-state index >= 15 is 0 Å². The number of hydrogen-bond donors (Lipinski definition) is 2. The third kappa shape index (κ3) is 3.25. The van der Waals surface area contributed by atoms with E-state index in [2.05, 4.69) is 27.8 Å². The number of rotatable bonds is 3. The van der Waals surface area contributed by atoms with Gasteiger partial charge in [-0.2, -0.15) is 0 Å². The van der Waals surface area contributed by atoms with Crippen LogP contribution < -0.4 is 11.1 Å². The fourth-order valence-electron chi connectivity index (χ4n) is 0.997. The number of hydrogen-bond acceptors (Lipinski definition) is 2. The van der Waals surface area contributed by atoms with Crippen molar-refractivity contribution in [3.63, 3.8) is 0 Å². The molecule has 0 fully saturated rings. The standard InChI is InChI=1S/C10H10BrClN2O/c1-6(12)5-14-10(15)7-3-2-4-8(13)9(7)11/h2-4H,1,5,13H2,(H,14,15). The molecule has 0 spiro atoms. The third-order valence-corrected chi connectivity index (χ3v) is 2.73. The molecule has 1 aromatic rings. The molecule has 0 saturated carbocycles. The minimum absolute atomic E-state index is 0.238. The lowest BCUT2D eigenvalue weighted by atomic mass is 10.2. The molecule has 0 radical (unpaired) electrons. The second-order valence-electron chi connectivity index (χ2n) is 2.91. The van der Waals surface area contributed by atoms with Gasteiger partial charge in [0.2, 0.25) is 0 Å². The summed E-state index contributed by atoms with van der Waals surface area (Å²) in [7, 11) is 0. The summed E-state index contributed by atoms with van der Waals surface area (Å²) in [5, 5.41) is 2.99. The topological polar surface area (TPSA) is 55.1 Å². The maximum absolute atomic E-state index is 11.6. The first-order valence-corrected chi connectivity index (χ1v) is 5.35. The van der Waals surface area contributed by atoms with E-state index in [1.807, 2.05) is 0 Å². The predicted molar refractivity (Wildman–Crippen MR) is 65.9 cm³/mol. The fraction of sp³-hybridized carbons (Fsp3) is 0.100. The molecule has 0 aromatic heterocycles. The van der Waals surface area contributed by atoms with E-state index in [4.69, 9.17) is 17.3 Å². The molecule has 0 saturated heterocycles. The van der Waals surface area contributed by atoms with Crippen LogP contribution in [-0.2, 0) is 0 Å². The Hall–Kier alpha value is -1.00. The van der Waals surface area contributed by atoms with Gasteiger partial charge in [-0.15, -0.1) is 0 Å². The molecule has 0 aliphatic rings. The van der Waals surface area contributed by atoms with E-state index in [1.54, 1.807) is 18.2 Å². The Morgan fingerprint density at radius 2 is 2.27 bits per heavy atom. The number of carbonyl (C=O) groups is 1. The largest absolute Gasteiger partial charge is 0.398 e. The van der Waals surface area contributed by atoms with Gasteiger partial charge in [0.15, 0.2) is 0 Å². The van der Waals surface area contributed by atoms with Crippen molar-refractivity contribution in [1.82, 2.24) is 5.32 Å². The Morgan fingerprint density at radius 1 is 1.60 bits per heavy atom. The summed E-state index contributed by atoms with van der Waals surface area (Å²) in [5.74, 6) is -0.240. The summed E-state index contributed by atoms with van der Waals surface area (Å²) in [5.41, 5.74) is 6.64. The molecule has 1 rings (SSSR count). The van der Waals surface area contributed by atoms with Gasteiger partial charge < -0.3 is 11.1 Å². The van der Waals surface area contributed by atoms with E-state index < -0.39 is 0 Å². The van der Waals surface area contributed by atoms with Gasteiger partial charge in [-0.3, -0.25) is 4.79 Å².